The van der Waals surface area contributed by atoms with Crippen LogP contribution in [0.2, 0.25) is 0 Å². The average Bonchev–Trinajstić information content (AvgIpc) is 2.72. The zero-order chi connectivity index (χ0) is 20.1. The minimum absolute atomic E-state index is 0.0579. The van der Waals surface area contributed by atoms with Crippen LogP contribution in [0.25, 0.3) is 5.57 Å². The molecule has 1 aliphatic heterocycles. The highest BCUT2D eigenvalue weighted by Gasteiger charge is 2.17. The molecule has 0 spiro atoms. The van der Waals surface area contributed by atoms with Crippen molar-refractivity contribution in [2.45, 2.75) is 13.0 Å². The first-order chi connectivity index (χ1) is 13.5. The fourth-order valence-electron chi connectivity index (χ4n) is 2.68. The zero-order valence-electron chi connectivity index (χ0n) is 15.0. The molecule has 1 aromatic carbocycles. The maximum Gasteiger partial charge on any atom is 0.337 e. The molecule has 2 aromatic rings. The van der Waals surface area contributed by atoms with Crippen molar-refractivity contribution in [3.05, 3.63) is 64.6 Å². The van der Waals surface area contributed by atoms with Crippen molar-refractivity contribution >= 4 is 23.7 Å². The number of carbonyl (C=O) groups is 2. The fourth-order valence-corrected chi connectivity index (χ4v) is 2.68. The number of dihydropyridines is 1. The molecule has 28 heavy (non-hydrogen) atoms. The molecule has 0 saturated carbocycles. The summed E-state index contributed by atoms with van der Waals surface area (Å²) in [6, 6.07) is 6.76. The second-order valence-corrected chi connectivity index (χ2v) is 5.92. The van der Waals surface area contributed by atoms with E-state index in [-0.39, 0.29) is 29.2 Å². The number of carboxylic acid groups (broad SMARTS) is 1. The molecule has 0 amide bonds. The molecule has 1 aromatic heterocycles. The number of hydrogen-bond donors (Lipinski definition) is 1. The largest absolute Gasteiger partial charge is 0.478 e. The van der Waals surface area contributed by atoms with Crippen LogP contribution in [-0.2, 0) is 11.3 Å². The van der Waals surface area contributed by atoms with Crippen LogP contribution in [-0.4, -0.2) is 41.9 Å². The molecular weight excluding hydrogens is 367 g/mol. The van der Waals surface area contributed by atoms with Crippen molar-refractivity contribution in [1.29, 1.82) is 0 Å². The van der Waals surface area contributed by atoms with Gasteiger partial charge in [0.15, 0.2) is 0 Å². The van der Waals surface area contributed by atoms with E-state index in [1.165, 1.54) is 31.4 Å². The van der Waals surface area contributed by atoms with E-state index in [9.17, 15) is 19.1 Å². The van der Waals surface area contributed by atoms with E-state index < -0.39 is 17.8 Å². The smallest absolute Gasteiger partial charge is 0.337 e. The van der Waals surface area contributed by atoms with Crippen molar-refractivity contribution < 1.29 is 28.6 Å². The van der Waals surface area contributed by atoms with Crippen molar-refractivity contribution in [1.82, 2.24) is 4.98 Å². The maximum absolute atomic E-state index is 14.2. The second kappa shape index (κ2) is 8.43. The van der Waals surface area contributed by atoms with E-state index in [1.807, 2.05) is 6.08 Å². The summed E-state index contributed by atoms with van der Waals surface area (Å²) in [6.07, 6.45) is 3.98. The van der Waals surface area contributed by atoms with Gasteiger partial charge in [0, 0.05) is 24.3 Å². The third kappa shape index (κ3) is 4.22. The average molecular weight is 384 g/mol. The summed E-state index contributed by atoms with van der Waals surface area (Å²) in [5.74, 6) is -2.18. The quantitative estimate of drug-likeness (QED) is 0.769. The summed E-state index contributed by atoms with van der Waals surface area (Å²) in [6.45, 7) is 0.325. The molecule has 1 N–H and O–H groups in total. The van der Waals surface area contributed by atoms with Gasteiger partial charge in [0.2, 0.25) is 5.88 Å². The first kappa shape index (κ1) is 19.2. The lowest BCUT2D eigenvalue weighted by Gasteiger charge is -2.13. The summed E-state index contributed by atoms with van der Waals surface area (Å²) in [5.41, 5.74) is 1.43. The van der Waals surface area contributed by atoms with Gasteiger partial charge in [-0.1, -0.05) is 12.1 Å². The van der Waals surface area contributed by atoms with Crippen LogP contribution in [0.3, 0.4) is 0 Å². The number of ether oxygens (including phenoxy) is 2. The van der Waals surface area contributed by atoms with Gasteiger partial charge in [-0.3, -0.25) is 4.99 Å². The first-order valence-electron chi connectivity index (χ1n) is 8.41. The number of benzene rings is 1. The Morgan fingerprint density at radius 3 is 2.71 bits per heavy atom. The highest BCUT2D eigenvalue weighted by Crippen LogP contribution is 2.25. The van der Waals surface area contributed by atoms with Crippen LogP contribution in [0.5, 0.6) is 5.88 Å². The van der Waals surface area contributed by atoms with Gasteiger partial charge in [0.05, 0.1) is 30.5 Å². The Hall–Kier alpha value is -3.55. The summed E-state index contributed by atoms with van der Waals surface area (Å²) in [5, 5.41) is 9.39. The molecule has 0 aliphatic carbocycles. The predicted octanol–water partition coefficient (Wildman–Crippen LogP) is 3.14. The Morgan fingerprint density at radius 1 is 1.25 bits per heavy atom. The number of aromatic nitrogens is 1. The predicted molar refractivity (Wildman–Crippen MR) is 99.2 cm³/mol. The molecule has 0 radical (unpaired) electrons. The number of aromatic carboxylic acids is 1. The third-order valence-corrected chi connectivity index (χ3v) is 4.14. The number of rotatable bonds is 6. The van der Waals surface area contributed by atoms with Crippen LogP contribution >= 0.6 is 0 Å². The van der Waals surface area contributed by atoms with Crippen molar-refractivity contribution in [2.24, 2.45) is 4.99 Å². The van der Waals surface area contributed by atoms with E-state index in [1.54, 1.807) is 6.21 Å². The molecule has 0 fully saturated rings. The van der Waals surface area contributed by atoms with Crippen molar-refractivity contribution in [2.75, 3.05) is 13.7 Å². The molecule has 3 rings (SSSR count). The number of hydrogen-bond acceptors (Lipinski definition) is 6. The molecule has 144 valence electrons. The number of halogens is 1. The lowest BCUT2D eigenvalue weighted by molar-refractivity contribution is 0.0599. The zero-order valence-corrected chi connectivity index (χ0v) is 15.0. The van der Waals surface area contributed by atoms with Gasteiger partial charge in [-0.25, -0.2) is 19.0 Å². The summed E-state index contributed by atoms with van der Waals surface area (Å²) in [4.78, 5) is 31.3. The monoisotopic (exact) mass is 384 g/mol. The second-order valence-electron chi connectivity index (χ2n) is 5.92. The normalized spacial score (nSPS) is 13.0. The van der Waals surface area contributed by atoms with Gasteiger partial charge in [0.1, 0.15) is 12.4 Å². The first-order valence-corrected chi connectivity index (χ1v) is 8.41. The highest BCUT2D eigenvalue weighted by molar-refractivity contribution is 5.95. The molecule has 0 bridgehead atoms. The number of aliphatic imine (C=N–C) groups is 1. The van der Waals surface area contributed by atoms with Crippen molar-refractivity contribution in [3.8, 4) is 5.88 Å². The SMILES string of the molecule is COC(=O)c1ccc(COc2ccc(C(=O)O)c(C3=CCN=CC3)n2)c(F)c1. The number of allylic oxidation sites excluding steroid dienone is 1. The van der Waals surface area contributed by atoms with E-state index in [4.69, 9.17) is 4.74 Å². The van der Waals surface area contributed by atoms with Crippen LogP contribution in [0, 0.1) is 5.82 Å². The molecule has 0 saturated heterocycles. The minimum atomic E-state index is -1.10. The van der Waals surface area contributed by atoms with Gasteiger partial charge in [0.25, 0.3) is 0 Å². The highest BCUT2D eigenvalue weighted by atomic mass is 19.1. The lowest BCUT2D eigenvalue weighted by atomic mass is 10.0. The standard InChI is InChI=1S/C20H17FN2O5/c1-27-20(26)13-2-3-14(16(21)10-13)11-28-17-5-4-15(19(24)25)18(23-17)12-6-8-22-9-7-12/h2-6,9-10H,7-8,11H2,1H3,(H,24,25). The Balaban J connectivity index is 1.80. The lowest BCUT2D eigenvalue weighted by Crippen LogP contribution is -2.09. The van der Waals surface area contributed by atoms with Crippen LogP contribution in [0.4, 0.5) is 4.39 Å². The Labute approximate surface area is 160 Å². The molecule has 7 nitrogen and oxygen atoms in total. The molecule has 2 heterocycles. The minimum Gasteiger partial charge on any atom is -0.478 e. The fraction of sp³-hybridized carbons (Fsp3) is 0.200. The van der Waals surface area contributed by atoms with Gasteiger partial charge in [-0.05, 0) is 23.8 Å². The van der Waals surface area contributed by atoms with Crippen LogP contribution in [0.15, 0.2) is 41.4 Å². The van der Waals surface area contributed by atoms with Gasteiger partial charge in [-0.15, -0.1) is 0 Å². The third-order valence-electron chi connectivity index (χ3n) is 4.14. The summed E-state index contributed by atoms with van der Waals surface area (Å²) < 4.78 is 24.3. The number of pyridine rings is 1. The summed E-state index contributed by atoms with van der Waals surface area (Å²) >= 11 is 0. The van der Waals surface area contributed by atoms with Gasteiger partial charge < -0.3 is 14.6 Å². The van der Waals surface area contributed by atoms with Crippen molar-refractivity contribution in [3.63, 3.8) is 0 Å². The Morgan fingerprint density at radius 2 is 2.07 bits per heavy atom. The topological polar surface area (TPSA) is 98.1 Å². The number of carboxylic acids is 1. The Kier molecular flexibility index (Phi) is 5.78. The summed E-state index contributed by atoms with van der Waals surface area (Å²) in [7, 11) is 1.22. The molecule has 8 heteroatoms. The Bertz CT molecular complexity index is 985. The number of esters is 1. The maximum atomic E-state index is 14.2. The van der Waals surface area contributed by atoms with E-state index in [0.717, 1.165) is 11.6 Å². The van der Waals surface area contributed by atoms with E-state index >= 15 is 0 Å². The van der Waals surface area contributed by atoms with Crippen LogP contribution in [0.1, 0.15) is 38.4 Å². The van der Waals surface area contributed by atoms with Gasteiger partial charge in [-0.2, -0.15) is 0 Å². The molecule has 0 atom stereocenters. The van der Waals surface area contributed by atoms with Crippen LogP contribution < -0.4 is 4.74 Å². The van der Waals surface area contributed by atoms with E-state index in [0.29, 0.717) is 18.7 Å². The number of methoxy groups -OCH3 is 1. The molecule has 1 aliphatic rings. The molecule has 0 unspecified atom stereocenters. The number of nitrogens with zero attached hydrogens (tertiary/aromatic N) is 2. The molecular formula is C20H17FN2O5. The van der Waals surface area contributed by atoms with Gasteiger partial charge >= 0.3 is 11.9 Å². The number of carbonyl (C=O) groups excluding carboxylic acids is 1. The van der Waals surface area contributed by atoms with E-state index in [2.05, 4.69) is 14.7 Å².